The second-order valence-electron chi connectivity index (χ2n) is 2.60. The van der Waals surface area contributed by atoms with Gasteiger partial charge in [0.25, 0.3) is 0 Å². The van der Waals surface area contributed by atoms with Gasteiger partial charge in [-0.05, 0) is 0 Å². The highest BCUT2D eigenvalue weighted by molar-refractivity contribution is 7.62. The van der Waals surface area contributed by atoms with Crippen LogP contribution in [0.3, 0.4) is 0 Å². The fourth-order valence-electron chi connectivity index (χ4n) is 1.11. The van der Waals surface area contributed by atoms with Gasteiger partial charge in [0, 0.05) is 24.3 Å². The van der Waals surface area contributed by atoms with E-state index in [0.717, 1.165) is 16.3 Å². The Balaban J connectivity index is 2.88. The molecule has 0 spiro atoms. The van der Waals surface area contributed by atoms with Crippen molar-refractivity contribution in [2.75, 3.05) is 0 Å². The first-order valence-electron chi connectivity index (χ1n) is 3.51. The number of fused-ring (bicyclic) bond motifs is 1. The topological polar surface area (TPSA) is 29.9 Å². The van der Waals surface area contributed by atoms with E-state index in [1.54, 1.807) is 4.52 Å². The summed E-state index contributed by atoms with van der Waals surface area (Å²) < 4.78 is 2.41. The Morgan fingerprint density at radius 1 is 1.50 bits per heavy atom. The third-order valence-electron chi connectivity index (χ3n) is 1.57. The molecule has 2 rings (SSSR count). The van der Waals surface area contributed by atoms with E-state index in [4.69, 9.17) is 12.6 Å². The van der Waals surface area contributed by atoms with Crippen molar-refractivity contribution in [3.8, 4) is 0 Å². The van der Waals surface area contributed by atoms with Crippen LogP contribution in [0, 0.1) is 13.8 Å². The van der Waals surface area contributed by atoms with Crippen LogP contribution in [0.2, 0.25) is 0 Å². The van der Waals surface area contributed by atoms with Gasteiger partial charge in [-0.3, -0.25) is 11.3 Å². The molecule has 5 heteroatoms. The summed E-state index contributed by atoms with van der Waals surface area (Å²) in [5.41, 5.74) is 2.08. The second-order valence-corrected chi connectivity index (χ2v) is 4.20. The van der Waals surface area contributed by atoms with Gasteiger partial charge in [-0.2, -0.15) is 0 Å². The van der Waals surface area contributed by atoms with Crippen molar-refractivity contribution in [2.45, 2.75) is 18.2 Å². The highest BCUT2D eigenvalue weighted by Crippen LogP contribution is 2.08. The van der Waals surface area contributed by atoms with Crippen LogP contribution in [0.4, 0.5) is 0 Å². The van der Waals surface area contributed by atoms with Crippen LogP contribution in [0.1, 0.15) is 11.4 Å². The van der Waals surface area contributed by atoms with Crippen LogP contribution in [0.25, 0.3) is 4.96 Å². The summed E-state index contributed by atoms with van der Waals surface area (Å²) in [5, 5.41) is 4.14. The normalized spacial score (nSPS) is 10.8. The average Bonchev–Trinajstić information content (AvgIpc) is 2.29. The summed E-state index contributed by atoms with van der Waals surface area (Å²) in [4.78, 5) is 5.18. The molecule has 0 saturated carbocycles. The van der Waals surface area contributed by atoms with E-state index < -0.39 is 0 Å². The third kappa shape index (κ3) is 1.15. The Morgan fingerprint density at radius 2 is 2.25 bits per heavy atom. The fraction of sp³-hybridized carbons (Fsp3) is 0.286. The van der Waals surface area contributed by atoms with E-state index in [1.165, 1.54) is 11.3 Å². The maximum atomic E-state index is 4.96. The minimum atomic E-state index is 0.635. The first kappa shape index (κ1) is 7.82. The van der Waals surface area contributed by atoms with Crippen LogP contribution in [-0.4, -0.2) is 10.1 Å². The lowest BCUT2D eigenvalue weighted by atomic mass is 10.4. The second kappa shape index (κ2) is 2.60. The zero-order chi connectivity index (χ0) is 8.72. The first-order valence-corrected chi connectivity index (χ1v) is 4.73. The zero-order valence-electron chi connectivity index (χ0n) is 6.74. The Morgan fingerprint density at radius 3 is 3.00 bits per heavy atom. The zero-order valence-corrected chi connectivity index (χ0v) is 8.37. The number of hydrogen-bond donors (Lipinski definition) is 0. The molecular formula is C7H7N3S2. The summed E-state index contributed by atoms with van der Waals surface area (Å²) in [6, 6.07) is 1.99. The van der Waals surface area contributed by atoms with Crippen LogP contribution in [0.5, 0.6) is 0 Å². The molecule has 0 unspecified atom stereocenters. The predicted octanol–water partition coefficient (Wildman–Crippen LogP) is 0.799. The monoisotopic (exact) mass is 197 g/mol. The molecule has 62 valence electrons. The van der Waals surface area contributed by atoms with Gasteiger partial charge in [-0.15, -0.1) is 4.52 Å². The van der Waals surface area contributed by atoms with E-state index >= 15 is 0 Å². The Labute approximate surface area is 79.5 Å². The molecule has 0 fully saturated rings. The van der Waals surface area contributed by atoms with Crippen molar-refractivity contribution in [2.24, 2.45) is 0 Å². The van der Waals surface area contributed by atoms with Crippen LogP contribution in [-0.2, 0) is 12.6 Å². The standard InChI is InChI=1S/C7H7N3S2/c1-4-3-5(2)10-6(8-4)12-7(11)9-10/h3H,1-2H3. The largest absolute Gasteiger partial charge is 0.404 e. The van der Waals surface area contributed by atoms with E-state index in [1.807, 2.05) is 19.9 Å². The molecule has 0 N–H and O–H groups in total. The molecule has 0 amide bonds. The molecule has 0 saturated heterocycles. The van der Waals surface area contributed by atoms with Crippen molar-refractivity contribution in [3.05, 3.63) is 17.5 Å². The van der Waals surface area contributed by atoms with Crippen molar-refractivity contribution in [1.82, 2.24) is 10.1 Å². The van der Waals surface area contributed by atoms with Gasteiger partial charge in [-0.1, -0.05) is 10.1 Å². The lowest BCUT2D eigenvalue weighted by Crippen LogP contribution is -2.28. The van der Waals surface area contributed by atoms with Crippen molar-refractivity contribution >= 4 is 28.9 Å². The minimum absolute atomic E-state index is 0.635. The Bertz CT molecular complexity index is 435. The molecule has 0 aromatic carbocycles. The molecule has 0 aliphatic carbocycles. The summed E-state index contributed by atoms with van der Waals surface area (Å²) in [7, 11) is 0. The van der Waals surface area contributed by atoms with E-state index in [2.05, 4.69) is 10.1 Å². The molecule has 3 nitrogen and oxygen atoms in total. The smallest absolute Gasteiger partial charge is 0.315 e. The first-order chi connectivity index (χ1) is 5.66. The average molecular weight is 197 g/mol. The maximum Gasteiger partial charge on any atom is 0.315 e. The van der Waals surface area contributed by atoms with E-state index in [-0.39, 0.29) is 0 Å². The Kier molecular flexibility index (Phi) is 1.69. The summed E-state index contributed by atoms with van der Waals surface area (Å²) in [6.45, 7) is 3.96. The molecule has 2 aromatic rings. The van der Waals surface area contributed by atoms with E-state index in [0.29, 0.717) is 4.34 Å². The van der Waals surface area contributed by atoms with Crippen LogP contribution in [0.15, 0.2) is 10.4 Å². The molecule has 0 atom stereocenters. The van der Waals surface area contributed by atoms with Gasteiger partial charge in [-0.25, -0.2) is 0 Å². The van der Waals surface area contributed by atoms with E-state index in [9.17, 15) is 0 Å². The van der Waals surface area contributed by atoms with Crippen LogP contribution >= 0.6 is 11.3 Å². The van der Waals surface area contributed by atoms with Crippen molar-refractivity contribution in [1.29, 1.82) is 0 Å². The number of hydrogen-bond acceptors (Lipinski definition) is 4. The van der Waals surface area contributed by atoms with Crippen molar-refractivity contribution < 1.29 is 4.52 Å². The maximum absolute atomic E-state index is 4.96. The number of rotatable bonds is 0. The fourth-order valence-corrected chi connectivity index (χ4v) is 2.16. The molecule has 2 aromatic heterocycles. The summed E-state index contributed by atoms with van der Waals surface area (Å²) in [5.74, 6) is 0. The molecule has 2 heterocycles. The highest BCUT2D eigenvalue weighted by atomic mass is 32.2. The highest BCUT2D eigenvalue weighted by Gasteiger charge is 2.07. The quantitative estimate of drug-likeness (QED) is 0.462. The summed E-state index contributed by atoms with van der Waals surface area (Å²) in [6.07, 6.45) is 0. The SMILES string of the molecule is Cc1cc(C)[n+]2nc([S-])sc2n1. The minimum Gasteiger partial charge on any atom is -0.404 e. The third-order valence-corrected chi connectivity index (χ3v) is 2.60. The molecule has 0 aliphatic heterocycles. The molecule has 12 heavy (non-hydrogen) atoms. The lowest BCUT2D eigenvalue weighted by Gasteiger charge is -1.89. The molecule has 0 aliphatic rings. The van der Waals surface area contributed by atoms with Crippen LogP contribution < -0.4 is 4.52 Å². The van der Waals surface area contributed by atoms with Gasteiger partial charge in [0.2, 0.25) is 0 Å². The van der Waals surface area contributed by atoms with Gasteiger partial charge in [0.1, 0.15) is 5.69 Å². The number of nitrogens with zero attached hydrogens (tertiary/aromatic N) is 3. The molecule has 0 radical (unpaired) electrons. The van der Waals surface area contributed by atoms with Gasteiger partial charge >= 0.3 is 4.96 Å². The molecule has 0 bridgehead atoms. The van der Waals surface area contributed by atoms with Crippen molar-refractivity contribution in [3.63, 3.8) is 0 Å². The molecular weight excluding hydrogens is 190 g/mol. The lowest BCUT2D eigenvalue weighted by molar-refractivity contribution is -0.588. The predicted molar refractivity (Wildman–Crippen MR) is 48.2 cm³/mol. The Hall–Kier alpha value is -0.810. The number of aromatic nitrogens is 3. The van der Waals surface area contributed by atoms with Gasteiger partial charge < -0.3 is 12.6 Å². The summed E-state index contributed by atoms with van der Waals surface area (Å²) >= 11 is 6.40. The van der Waals surface area contributed by atoms with Gasteiger partial charge in [0.05, 0.1) is 0 Å². The van der Waals surface area contributed by atoms with Gasteiger partial charge in [0.15, 0.2) is 5.69 Å². The number of aryl methyl sites for hydroxylation is 2.